The van der Waals surface area contributed by atoms with Gasteiger partial charge in [-0.25, -0.2) is 15.0 Å². The molecule has 1 saturated carbocycles. The summed E-state index contributed by atoms with van der Waals surface area (Å²) in [6.07, 6.45) is 22.2. The lowest BCUT2D eigenvalue weighted by atomic mass is 9.75. The number of aryl methyl sites for hydroxylation is 3. The minimum absolute atomic E-state index is 0.0978. The number of hydrogen-bond donors (Lipinski definition) is 0. The summed E-state index contributed by atoms with van der Waals surface area (Å²) >= 11 is 0. The number of carbonyl (C=O) groups is 1. The first-order valence-corrected chi connectivity index (χ1v) is 34.4. The summed E-state index contributed by atoms with van der Waals surface area (Å²) in [7, 11) is 0. The molecule has 2 fully saturated rings. The molecule has 8 heteroatoms. The van der Waals surface area contributed by atoms with E-state index in [4.69, 9.17) is 9.72 Å². The van der Waals surface area contributed by atoms with Crippen molar-refractivity contribution in [3.05, 3.63) is 285 Å². The van der Waals surface area contributed by atoms with Crippen LogP contribution in [0.25, 0.3) is 50.7 Å². The Morgan fingerprint density at radius 3 is 1.43 bits per heavy atom. The van der Waals surface area contributed by atoms with E-state index in [0.717, 1.165) is 102 Å². The molecular formula is C86H94N6O2. The van der Waals surface area contributed by atoms with E-state index < -0.39 is 0 Å². The molecule has 0 unspecified atom stereocenters. The molecule has 6 aromatic carbocycles. The first kappa shape index (κ1) is 65.1. The Bertz CT molecular complexity index is 4540. The second kappa shape index (κ2) is 28.7. The monoisotopic (exact) mass is 1240 g/mol. The second-order valence-corrected chi connectivity index (χ2v) is 28.5. The van der Waals surface area contributed by atoms with Gasteiger partial charge in [0.2, 0.25) is 0 Å². The molecule has 0 spiro atoms. The SMILES string of the molecule is CC(=O)c1ccc(-c2ccc(Cc3ccc(C(C)C)cc3)c3nccn23)cc1C.CC(C)C1CCC(c2ccc(Cc3ccc(-c4ccc(C(C)(C)C)cc4)n4ccnc34)cc2)CC1.Cc1ccc(-c2ccc(Cc3ccc(C4CCOCC4)c(C)c3)c3nccn23)cc1. The number of carbonyl (C=O) groups excluding carboxylic acids is 1. The van der Waals surface area contributed by atoms with Crippen LogP contribution in [-0.2, 0) is 29.4 Å². The van der Waals surface area contributed by atoms with Gasteiger partial charge in [0.25, 0.3) is 0 Å². The standard InChI is InChI=1S/C33H40N2.C27H28N2O.C26H26N2O/c1-23(2)25-10-12-27(13-11-25)26-8-6-24(7-9-26)22-29-16-19-31(35-21-20-34-32(29)35)28-14-17-30(18-15-28)33(3,4)5;1-19-3-6-23(7-4-19)26-10-8-24(27-28-13-14-29(26)27)18-21-5-9-25(20(2)17-21)22-11-15-30-16-12-22;1-17(2)21-7-5-20(6-8-21)16-23-10-12-25(28-14-13-27-26(23)28)22-9-11-24(19(4)29)18(3)15-22/h6-9,14-21,23,25,27H,10-13,22H2,1-5H3;3-10,13-14,17,22H,11-12,15-16,18H2,1-2H3;5-15,17H,16H2,1-4H3. The normalized spacial score (nSPS) is 15.3. The topological polar surface area (TPSA) is 78.2 Å². The molecule has 0 bridgehead atoms. The van der Waals surface area contributed by atoms with Crippen molar-refractivity contribution in [2.45, 2.75) is 157 Å². The fourth-order valence-corrected chi connectivity index (χ4v) is 14.4. The molecule has 12 aromatic rings. The minimum Gasteiger partial charge on any atom is -0.381 e. The second-order valence-electron chi connectivity index (χ2n) is 28.5. The number of ketones is 1. The summed E-state index contributed by atoms with van der Waals surface area (Å²) in [4.78, 5) is 25.8. The van der Waals surface area contributed by atoms with Crippen molar-refractivity contribution in [3.63, 3.8) is 0 Å². The fraction of sp³-hybridized carbons (Fsp3) is 0.326. The molecule has 1 saturated heterocycles. The van der Waals surface area contributed by atoms with E-state index in [1.54, 1.807) is 6.92 Å². The number of aromatic nitrogens is 6. The summed E-state index contributed by atoms with van der Waals surface area (Å²) < 4.78 is 12.1. The zero-order chi connectivity index (χ0) is 65.6. The zero-order valence-electron chi connectivity index (χ0n) is 57.3. The average molecular weight is 1240 g/mol. The van der Waals surface area contributed by atoms with Crippen molar-refractivity contribution in [2.24, 2.45) is 11.8 Å². The molecule has 0 atom stereocenters. The van der Waals surface area contributed by atoms with Crippen molar-refractivity contribution in [1.82, 2.24) is 28.2 Å². The highest BCUT2D eigenvalue weighted by Crippen LogP contribution is 2.40. The third kappa shape index (κ3) is 14.8. The van der Waals surface area contributed by atoms with Crippen LogP contribution in [0.3, 0.4) is 0 Å². The van der Waals surface area contributed by atoms with Crippen LogP contribution in [0, 0.1) is 32.6 Å². The van der Waals surface area contributed by atoms with E-state index in [-0.39, 0.29) is 11.2 Å². The lowest BCUT2D eigenvalue weighted by molar-refractivity contribution is 0.0852. The Hall–Kier alpha value is -8.98. The highest BCUT2D eigenvalue weighted by molar-refractivity contribution is 5.96. The van der Waals surface area contributed by atoms with Gasteiger partial charge in [0.1, 0.15) is 16.9 Å². The van der Waals surface area contributed by atoms with Gasteiger partial charge in [-0.2, -0.15) is 0 Å². The van der Waals surface area contributed by atoms with Crippen molar-refractivity contribution >= 4 is 22.7 Å². The summed E-state index contributed by atoms with van der Waals surface area (Å²) in [6.45, 7) is 25.7. The molecule has 1 aliphatic carbocycles. The Morgan fingerprint density at radius 2 is 0.957 bits per heavy atom. The first-order chi connectivity index (χ1) is 45.4. The molecule has 14 rings (SSSR count). The number of imidazole rings is 3. The summed E-state index contributed by atoms with van der Waals surface area (Å²) in [6, 6.07) is 62.3. The van der Waals surface area contributed by atoms with Crippen LogP contribution in [0.4, 0.5) is 0 Å². The fourth-order valence-electron chi connectivity index (χ4n) is 14.4. The van der Waals surface area contributed by atoms with Gasteiger partial charge in [-0.05, 0) is 209 Å². The maximum absolute atomic E-state index is 11.7. The molecule has 7 heterocycles. The van der Waals surface area contributed by atoms with Gasteiger partial charge < -0.3 is 4.74 Å². The van der Waals surface area contributed by atoms with Gasteiger partial charge in [0.15, 0.2) is 5.78 Å². The summed E-state index contributed by atoms with van der Waals surface area (Å²) in [5.41, 5.74) is 28.1. The van der Waals surface area contributed by atoms with Crippen LogP contribution >= 0.6 is 0 Å². The van der Waals surface area contributed by atoms with Crippen LogP contribution in [0.15, 0.2) is 207 Å². The van der Waals surface area contributed by atoms with Gasteiger partial charge in [-0.3, -0.25) is 18.0 Å². The van der Waals surface area contributed by atoms with Crippen LogP contribution < -0.4 is 0 Å². The van der Waals surface area contributed by atoms with Crippen molar-refractivity contribution in [2.75, 3.05) is 13.2 Å². The molecule has 8 nitrogen and oxygen atoms in total. The first-order valence-electron chi connectivity index (χ1n) is 34.4. The number of benzene rings is 6. The van der Waals surface area contributed by atoms with Gasteiger partial charge in [-0.15, -0.1) is 0 Å². The third-order valence-corrected chi connectivity index (χ3v) is 20.2. The number of ether oxygens (including phenoxy) is 1. The number of hydrogen-bond acceptors (Lipinski definition) is 5. The highest BCUT2D eigenvalue weighted by atomic mass is 16.5. The van der Waals surface area contributed by atoms with Crippen molar-refractivity contribution < 1.29 is 9.53 Å². The zero-order valence-corrected chi connectivity index (χ0v) is 57.3. The van der Waals surface area contributed by atoms with E-state index in [9.17, 15) is 4.79 Å². The molecule has 0 amide bonds. The molecule has 480 valence electrons. The number of fused-ring (bicyclic) bond motifs is 3. The molecule has 0 radical (unpaired) electrons. The van der Waals surface area contributed by atoms with E-state index in [1.807, 2.05) is 43.8 Å². The molecule has 1 aliphatic heterocycles. The van der Waals surface area contributed by atoms with Crippen LogP contribution in [0.1, 0.15) is 194 Å². The lowest BCUT2D eigenvalue weighted by Crippen LogP contribution is -2.17. The van der Waals surface area contributed by atoms with Gasteiger partial charge in [0, 0.05) is 75.2 Å². The summed E-state index contributed by atoms with van der Waals surface area (Å²) in [5.74, 6) is 3.76. The minimum atomic E-state index is 0.0978. The van der Waals surface area contributed by atoms with E-state index in [0.29, 0.717) is 11.8 Å². The van der Waals surface area contributed by atoms with E-state index in [2.05, 4.69) is 256 Å². The van der Waals surface area contributed by atoms with Gasteiger partial charge in [-0.1, -0.05) is 200 Å². The molecule has 0 N–H and O–H groups in total. The Labute approximate surface area is 558 Å². The van der Waals surface area contributed by atoms with Crippen LogP contribution in [0.5, 0.6) is 0 Å². The van der Waals surface area contributed by atoms with Gasteiger partial charge >= 0.3 is 0 Å². The predicted molar refractivity (Wildman–Crippen MR) is 389 cm³/mol. The van der Waals surface area contributed by atoms with E-state index in [1.165, 1.54) is 115 Å². The lowest BCUT2D eigenvalue weighted by Gasteiger charge is -2.31. The molecule has 2 aliphatic rings. The third-order valence-electron chi connectivity index (χ3n) is 20.2. The number of pyridine rings is 3. The summed E-state index contributed by atoms with van der Waals surface area (Å²) in [5, 5.41) is 0. The molecular weight excluding hydrogens is 1150 g/mol. The maximum atomic E-state index is 11.7. The molecule has 6 aromatic heterocycles. The Balaban J connectivity index is 0.000000136. The van der Waals surface area contributed by atoms with Crippen LogP contribution in [0.2, 0.25) is 0 Å². The largest absolute Gasteiger partial charge is 0.381 e. The number of nitrogens with zero attached hydrogens (tertiary/aromatic N) is 6. The maximum Gasteiger partial charge on any atom is 0.160 e. The predicted octanol–water partition coefficient (Wildman–Crippen LogP) is 21.1. The number of Topliss-reactive ketones (excluding diaryl/α,β-unsaturated/α-hetero) is 1. The van der Waals surface area contributed by atoms with Crippen LogP contribution in [-0.4, -0.2) is 47.2 Å². The van der Waals surface area contributed by atoms with Crippen molar-refractivity contribution in [1.29, 1.82) is 0 Å². The quantitative estimate of drug-likeness (QED) is 0.101. The smallest absolute Gasteiger partial charge is 0.160 e. The average Bonchev–Trinajstić information content (AvgIpc) is 1.54. The molecule has 94 heavy (non-hydrogen) atoms. The Morgan fingerprint density at radius 1 is 0.489 bits per heavy atom. The number of rotatable bonds is 14. The van der Waals surface area contributed by atoms with Crippen molar-refractivity contribution in [3.8, 4) is 33.8 Å². The van der Waals surface area contributed by atoms with E-state index >= 15 is 0 Å². The van der Waals surface area contributed by atoms with Gasteiger partial charge in [0.05, 0.1) is 17.1 Å². The Kier molecular flexibility index (Phi) is 19.9. The highest BCUT2D eigenvalue weighted by Gasteiger charge is 2.25.